The van der Waals surface area contributed by atoms with Gasteiger partial charge in [-0.3, -0.25) is 0 Å². The summed E-state index contributed by atoms with van der Waals surface area (Å²) < 4.78 is 11.8. The van der Waals surface area contributed by atoms with Crippen molar-refractivity contribution in [2.45, 2.75) is 19.9 Å². The molecule has 0 aliphatic heterocycles. The average molecular weight is 276 g/mol. The zero-order valence-electron chi connectivity index (χ0n) is 11.2. The molecule has 0 unspecified atom stereocenters. The second-order valence-corrected chi connectivity index (χ2v) is 3.96. The van der Waals surface area contributed by atoms with E-state index in [-0.39, 0.29) is 5.82 Å². The highest BCUT2D eigenvalue weighted by Crippen LogP contribution is 2.08. The van der Waals surface area contributed by atoms with Crippen molar-refractivity contribution in [3.63, 3.8) is 0 Å². The van der Waals surface area contributed by atoms with Gasteiger partial charge < -0.3 is 9.47 Å². The van der Waals surface area contributed by atoms with E-state index in [9.17, 15) is 4.79 Å². The number of hydrogen-bond acceptors (Lipinski definition) is 6. The molecule has 1 aromatic carbocycles. The summed E-state index contributed by atoms with van der Waals surface area (Å²) in [5.74, 6) is 0.419. The van der Waals surface area contributed by atoms with Crippen LogP contribution in [0.25, 0.3) is 0 Å². The van der Waals surface area contributed by atoms with Crippen LogP contribution in [0.5, 0.6) is 5.75 Å². The van der Waals surface area contributed by atoms with E-state index in [0.717, 1.165) is 5.75 Å². The average Bonchev–Trinajstić information content (AvgIpc) is 2.93. The normalized spacial score (nSPS) is 10.2. The maximum Gasteiger partial charge on any atom is 0.378 e. The van der Waals surface area contributed by atoms with Gasteiger partial charge in [0.2, 0.25) is 0 Å². The van der Waals surface area contributed by atoms with Crippen molar-refractivity contribution in [3.05, 3.63) is 36.2 Å². The zero-order chi connectivity index (χ0) is 14.2. The number of hydrogen-bond donors (Lipinski definition) is 0. The van der Waals surface area contributed by atoms with E-state index in [0.29, 0.717) is 26.2 Å². The summed E-state index contributed by atoms with van der Waals surface area (Å²) >= 11 is 0. The zero-order valence-corrected chi connectivity index (χ0v) is 11.2. The molecule has 0 saturated carbocycles. The largest absolute Gasteiger partial charge is 0.494 e. The molecule has 7 heteroatoms. The second kappa shape index (κ2) is 7.22. The lowest BCUT2D eigenvalue weighted by molar-refractivity contribution is 0.0503. The lowest BCUT2D eigenvalue weighted by Gasteiger charge is -2.06. The Morgan fingerprint density at radius 3 is 2.85 bits per heavy atom. The molecule has 2 rings (SSSR count). The molecular formula is C13H16N4O3. The molecule has 0 amide bonds. The number of nitrogens with zero attached hydrogens (tertiary/aromatic N) is 4. The SMILES string of the molecule is CCOC(=O)c1nnnn1CCCOc1ccccc1. The van der Waals surface area contributed by atoms with E-state index in [1.54, 1.807) is 6.92 Å². The van der Waals surface area contributed by atoms with Crippen LogP contribution in [-0.4, -0.2) is 39.4 Å². The van der Waals surface area contributed by atoms with Crippen LogP contribution in [0, 0.1) is 0 Å². The molecule has 1 heterocycles. The van der Waals surface area contributed by atoms with Gasteiger partial charge in [-0.25, -0.2) is 9.48 Å². The summed E-state index contributed by atoms with van der Waals surface area (Å²) in [7, 11) is 0. The molecule has 1 aromatic heterocycles. The molecule has 0 aliphatic carbocycles. The highest BCUT2D eigenvalue weighted by Gasteiger charge is 2.15. The van der Waals surface area contributed by atoms with Gasteiger partial charge in [0.1, 0.15) is 5.75 Å². The second-order valence-electron chi connectivity index (χ2n) is 3.96. The van der Waals surface area contributed by atoms with Crippen molar-refractivity contribution in [1.82, 2.24) is 20.2 Å². The molecule has 20 heavy (non-hydrogen) atoms. The molecule has 0 saturated heterocycles. The van der Waals surface area contributed by atoms with Gasteiger partial charge in [0.15, 0.2) is 0 Å². The maximum atomic E-state index is 11.6. The van der Waals surface area contributed by atoms with E-state index in [1.807, 2.05) is 30.3 Å². The first-order valence-electron chi connectivity index (χ1n) is 6.42. The number of para-hydroxylation sites is 1. The summed E-state index contributed by atoms with van der Waals surface area (Å²) in [6, 6.07) is 9.53. The van der Waals surface area contributed by atoms with Crippen molar-refractivity contribution in [2.24, 2.45) is 0 Å². The first-order chi connectivity index (χ1) is 9.81. The fourth-order valence-electron chi connectivity index (χ4n) is 1.62. The number of aromatic nitrogens is 4. The van der Waals surface area contributed by atoms with E-state index < -0.39 is 5.97 Å². The van der Waals surface area contributed by atoms with E-state index in [4.69, 9.17) is 9.47 Å². The van der Waals surface area contributed by atoms with Gasteiger partial charge in [-0.1, -0.05) is 18.2 Å². The highest BCUT2D eigenvalue weighted by molar-refractivity contribution is 5.85. The number of carbonyl (C=O) groups excluding carboxylic acids is 1. The minimum absolute atomic E-state index is 0.117. The van der Waals surface area contributed by atoms with Gasteiger partial charge in [-0.2, -0.15) is 0 Å². The van der Waals surface area contributed by atoms with Crippen LogP contribution in [0.15, 0.2) is 30.3 Å². The topological polar surface area (TPSA) is 79.1 Å². The Morgan fingerprint density at radius 2 is 2.10 bits per heavy atom. The van der Waals surface area contributed by atoms with Gasteiger partial charge in [-0.15, -0.1) is 5.10 Å². The Balaban J connectivity index is 1.80. The fourth-order valence-corrected chi connectivity index (χ4v) is 1.62. The summed E-state index contributed by atoms with van der Waals surface area (Å²) in [6.07, 6.45) is 0.687. The monoisotopic (exact) mass is 276 g/mol. The van der Waals surface area contributed by atoms with E-state index >= 15 is 0 Å². The minimum atomic E-state index is -0.513. The molecule has 0 radical (unpaired) electrons. The van der Waals surface area contributed by atoms with Crippen LogP contribution in [0.3, 0.4) is 0 Å². The van der Waals surface area contributed by atoms with Crippen LogP contribution in [0.1, 0.15) is 24.0 Å². The first kappa shape index (κ1) is 14.0. The minimum Gasteiger partial charge on any atom is -0.494 e. The fraction of sp³-hybridized carbons (Fsp3) is 0.385. The Labute approximate surface area is 116 Å². The van der Waals surface area contributed by atoms with Crippen molar-refractivity contribution in [3.8, 4) is 5.75 Å². The molecule has 0 atom stereocenters. The molecule has 0 fully saturated rings. The van der Waals surface area contributed by atoms with Crippen LogP contribution in [-0.2, 0) is 11.3 Å². The van der Waals surface area contributed by atoms with Crippen molar-refractivity contribution >= 4 is 5.97 Å². The summed E-state index contributed by atoms with van der Waals surface area (Å²) in [5.41, 5.74) is 0. The lowest BCUT2D eigenvalue weighted by Crippen LogP contribution is -2.15. The number of rotatable bonds is 7. The Morgan fingerprint density at radius 1 is 1.30 bits per heavy atom. The molecule has 7 nitrogen and oxygen atoms in total. The highest BCUT2D eigenvalue weighted by atomic mass is 16.5. The Hall–Kier alpha value is -2.44. The smallest absolute Gasteiger partial charge is 0.378 e. The molecule has 2 aromatic rings. The van der Waals surface area contributed by atoms with Crippen LogP contribution >= 0.6 is 0 Å². The maximum absolute atomic E-state index is 11.6. The number of tetrazole rings is 1. The standard InChI is InChI=1S/C13H16N4O3/c1-2-19-13(18)12-14-15-16-17(12)9-6-10-20-11-7-4-3-5-8-11/h3-5,7-8H,2,6,9-10H2,1H3. The number of benzene rings is 1. The summed E-state index contributed by atoms with van der Waals surface area (Å²) in [4.78, 5) is 11.6. The number of carbonyl (C=O) groups is 1. The predicted molar refractivity (Wildman–Crippen MR) is 70.3 cm³/mol. The molecule has 0 aliphatic rings. The third-order valence-electron chi connectivity index (χ3n) is 2.52. The molecule has 0 bridgehead atoms. The number of aryl methyl sites for hydroxylation is 1. The molecule has 0 N–H and O–H groups in total. The predicted octanol–water partition coefficient (Wildman–Crippen LogP) is 1.32. The molecule has 0 spiro atoms. The van der Waals surface area contributed by atoms with Crippen molar-refractivity contribution in [1.29, 1.82) is 0 Å². The number of ether oxygens (including phenoxy) is 2. The Bertz CT molecular complexity index is 542. The lowest BCUT2D eigenvalue weighted by atomic mass is 10.3. The van der Waals surface area contributed by atoms with Crippen molar-refractivity contribution in [2.75, 3.05) is 13.2 Å². The van der Waals surface area contributed by atoms with Crippen LogP contribution in [0.2, 0.25) is 0 Å². The Kier molecular flexibility index (Phi) is 5.05. The van der Waals surface area contributed by atoms with Crippen LogP contribution in [0.4, 0.5) is 0 Å². The van der Waals surface area contributed by atoms with Gasteiger partial charge in [0.05, 0.1) is 13.2 Å². The van der Waals surface area contributed by atoms with Gasteiger partial charge in [0, 0.05) is 13.0 Å². The summed E-state index contributed by atoms with van der Waals surface area (Å²) in [6.45, 7) is 3.04. The van der Waals surface area contributed by atoms with E-state index in [2.05, 4.69) is 15.5 Å². The van der Waals surface area contributed by atoms with Crippen molar-refractivity contribution < 1.29 is 14.3 Å². The molecule has 106 valence electrons. The third kappa shape index (κ3) is 3.78. The van der Waals surface area contributed by atoms with E-state index in [1.165, 1.54) is 4.68 Å². The summed E-state index contributed by atoms with van der Waals surface area (Å²) in [5, 5.41) is 10.9. The quantitative estimate of drug-likeness (QED) is 0.560. The van der Waals surface area contributed by atoms with Gasteiger partial charge >= 0.3 is 5.97 Å². The van der Waals surface area contributed by atoms with Gasteiger partial charge in [0.25, 0.3) is 5.82 Å². The number of esters is 1. The molecular weight excluding hydrogens is 260 g/mol. The van der Waals surface area contributed by atoms with Crippen LogP contribution < -0.4 is 4.74 Å². The first-order valence-corrected chi connectivity index (χ1v) is 6.42. The van der Waals surface area contributed by atoms with Gasteiger partial charge in [-0.05, 0) is 29.5 Å². The third-order valence-corrected chi connectivity index (χ3v) is 2.52.